The summed E-state index contributed by atoms with van der Waals surface area (Å²) in [6.45, 7) is 2.84. The van der Waals surface area contributed by atoms with Crippen LogP contribution in [0.2, 0.25) is 0 Å². The Hall–Kier alpha value is 1.41. The third-order valence-corrected chi connectivity index (χ3v) is 1.93. The van der Waals surface area contributed by atoms with Crippen molar-refractivity contribution in [3.8, 4) is 0 Å². The van der Waals surface area contributed by atoms with Gasteiger partial charge < -0.3 is 0 Å². The largest absolute Gasteiger partial charge is 0.327 e. The second-order valence-corrected chi connectivity index (χ2v) is 3.08. The van der Waals surface area contributed by atoms with Gasteiger partial charge >= 0.3 is 8.69 Å². The predicted molar refractivity (Wildman–Crippen MR) is 46.9 cm³/mol. The molecule has 0 aromatic heterocycles. The SMILES string of the molecule is CCCCCCCCOP=O.[Nd]. The van der Waals surface area contributed by atoms with Crippen molar-refractivity contribution in [1.82, 2.24) is 0 Å². The number of rotatable bonds is 8. The summed E-state index contributed by atoms with van der Waals surface area (Å²) in [6.07, 6.45) is 7.48. The predicted octanol–water partition coefficient (Wildman–Crippen LogP) is 3.57. The van der Waals surface area contributed by atoms with Gasteiger partial charge in [-0.2, -0.15) is 0 Å². The molecule has 70 valence electrons. The van der Waals surface area contributed by atoms with Crippen molar-refractivity contribution in [2.45, 2.75) is 45.4 Å². The fraction of sp³-hybridized carbons (Fsp3) is 1.00. The van der Waals surface area contributed by atoms with E-state index < -0.39 is 0 Å². The maximum atomic E-state index is 9.82. The molecule has 12 heavy (non-hydrogen) atoms. The summed E-state index contributed by atoms with van der Waals surface area (Å²) >= 11 is 0. The molecule has 0 saturated carbocycles. The molecule has 0 spiro atoms. The Bertz CT molecular complexity index is 91.1. The third kappa shape index (κ3) is 14.0. The maximum absolute atomic E-state index is 9.82. The van der Waals surface area contributed by atoms with Crippen LogP contribution in [0.15, 0.2) is 0 Å². The van der Waals surface area contributed by atoms with Crippen LogP contribution in [0.5, 0.6) is 0 Å². The average Bonchev–Trinajstić information content (AvgIpc) is 2.03. The van der Waals surface area contributed by atoms with E-state index in [0.29, 0.717) is 6.61 Å². The minimum atomic E-state index is -0.180. The number of unbranched alkanes of at least 4 members (excludes halogenated alkanes) is 5. The normalized spacial score (nSPS) is 9.75. The fourth-order valence-corrected chi connectivity index (χ4v) is 1.19. The van der Waals surface area contributed by atoms with Crippen LogP contribution in [-0.2, 0) is 9.09 Å². The standard InChI is InChI=1S/C8H17O2P.Nd/c1-2-3-4-5-6-7-8-10-11-9;/h2-8H2,1H3;. The molecule has 4 heteroatoms. The molecule has 0 atom stereocenters. The van der Waals surface area contributed by atoms with Crippen molar-refractivity contribution >= 4 is 8.69 Å². The van der Waals surface area contributed by atoms with E-state index in [9.17, 15) is 4.57 Å². The maximum Gasteiger partial charge on any atom is 0.327 e. The third-order valence-electron chi connectivity index (χ3n) is 1.64. The Morgan fingerprint density at radius 2 is 1.67 bits per heavy atom. The van der Waals surface area contributed by atoms with Crippen LogP contribution >= 0.6 is 8.69 Å². The van der Waals surface area contributed by atoms with Gasteiger partial charge in [0, 0.05) is 40.8 Å². The van der Waals surface area contributed by atoms with Crippen LogP contribution < -0.4 is 0 Å². The Labute approximate surface area is 110 Å². The molecule has 0 aliphatic rings. The average molecular weight is 320 g/mol. The zero-order valence-electron chi connectivity index (χ0n) is 7.71. The monoisotopic (exact) mass is 318 g/mol. The summed E-state index contributed by atoms with van der Waals surface area (Å²) in [5.41, 5.74) is 0. The first-order valence-electron chi connectivity index (χ1n) is 4.36. The van der Waals surface area contributed by atoms with Gasteiger partial charge in [-0.05, 0) is 6.42 Å². The van der Waals surface area contributed by atoms with E-state index in [-0.39, 0.29) is 49.5 Å². The van der Waals surface area contributed by atoms with Crippen molar-refractivity contribution < 1.29 is 49.9 Å². The molecule has 0 radical (unpaired) electrons. The molecule has 0 aliphatic heterocycles. The molecule has 0 fully saturated rings. The van der Waals surface area contributed by atoms with E-state index in [1.165, 1.54) is 32.1 Å². The molecule has 0 aromatic rings. The number of hydrogen-bond acceptors (Lipinski definition) is 2. The van der Waals surface area contributed by atoms with Gasteiger partial charge in [-0.25, -0.2) is 4.57 Å². The quantitative estimate of drug-likeness (QED) is 0.505. The second-order valence-electron chi connectivity index (χ2n) is 2.68. The van der Waals surface area contributed by atoms with Crippen molar-refractivity contribution in [2.24, 2.45) is 0 Å². The van der Waals surface area contributed by atoms with Crippen LogP contribution in [-0.4, -0.2) is 6.61 Å². The van der Waals surface area contributed by atoms with E-state index in [1.807, 2.05) is 0 Å². The molecule has 0 saturated heterocycles. The second kappa shape index (κ2) is 14.9. The smallest absolute Gasteiger partial charge is 0.294 e. The zero-order chi connectivity index (χ0) is 8.36. The van der Waals surface area contributed by atoms with E-state index in [1.54, 1.807) is 0 Å². The molecular weight excluding hydrogens is 303 g/mol. The van der Waals surface area contributed by atoms with Gasteiger partial charge in [0.15, 0.2) is 0 Å². The molecule has 0 bridgehead atoms. The summed E-state index contributed by atoms with van der Waals surface area (Å²) in [5, 5.41) is 0. The first-order valence-corrected chi connectivity index (χ1v) is 5.09. The molecule has 0 N–H and O–H groups in total. The van der Waals surface area contributed by atoms with Crippen LogP contribution in [0.1, 0.15) is 45.4 Å². The fourth-order valence-electron chi connectivity index (χ4n) is 0.984. The summed E-state index contributed by atoms with van der Waals surface area (Å²) in [6, 6.07) is 0. The minimum absolute atomic E-state index is 0. The van der Waals surface area contributed by atoms with Gasteiger partial charge in [-0.15, -0.1) is 0 Å². The summed E-state index contributed by atoms with van der Waals surface area (Å²) in [5.74, 6) is 0. The molecule has 0 rings (SSSR count). The number of hydrogen-bond donors (Lipinski definition) is 0. The Kier molecular flexibility index (Phi) is 19.7. The van der Waals surface area contributed by atoms with Crippen LogP contribution in [0.3, 0.4) is 0 Å². The van der Waals surface area contributed by atoms with Crippen molar-refractivity contribution in [3.05, 3.63) is 0 Å². The van der Waals surface area contributed by atoms with Gasteiger partial charge in [-0.3, -0.25) is 4.52 Å². The van der Waals surface area contributed by atoms with E-state index in [4.69, 9.17) is 0 Å². The van der Waals surface area contributed by atoms with E-state index in [2.05, 4.69) is 11.4 Å². The van der Waals surface area contributed by atoms with Crippen molar-refractivity contribution in [3.63, 3.8) is 0 Å². The van der Waals surface area contributed by atoms with Gasteiger partial charge in [0.05, 0.1) is 6.61 Å². The molecule has 0 amide bonds. The van der Waals surface area contributed by atoms with Gasteiger partial charge in [0.2, 0.25) is 0 Å². The molecular formula is C8H17NdO2P. The molecule has 0 aliphatic carbocycles. The van der Waals surface area contributed by atoms with Gasteiger partial charge in [-0.1, -0.05) is 39.0 Å². The first kappa shape index (κ1) is 15.9. The molecule has 0 heterocycles. The van der Waals surface area contributed by atoms with Crippen molar-refractivity contribution in [1.29, 1.82) is 0 Å². The molecule has 2 nitrogen and oxygen atoms in total. The van der Waals surface area contributed by atoms with E-state index in [0.717, 1.165) is 6.42 Å². The summed E-state index contributed by atoms with van der Waals surface area (Å²) in [4.78, 5) is 0. The summed E-state index contributed by atoms with van der Waals surface area (Å²) in [7, 11) is -0.180. The Morgan fingerprint density at radius 1 is 1.08 bits per heavy atom. The van der Waals surface area contributed by atoms with E-state index >= 15 is 0 Å². The van der Waals surface area contributed by atoms with Crippen LogP contribution in [0.25, 0.3) is 0 Å². The Balaban J connectivity index is 0. The first-order chi connectivity index (χ1) is 5.41. The zero-order valence-corrected chi connectivity index (χ0v) is 11.8. The van der Waals surface area contributed by atoms with Crippen molar-refractivity contribution in [2.75, 3.05) is 6.61 Å². The van der Waals surface area contributed by atoms with Gasteiger partial charge in [0.25, 0.3) is 0 Å². The van der Waals surface area contributed by atoms with Gasteiger partial charge in [0.1, 0.15) is 0 Å². The van der Waals surface area contributed by atoms with Crippen LogP contribution in [0.4, 0.5) is 0 Å². The molecule has 0 aromatic carbocycles. The topological polar surface area (TPSA) is 26.3 Å². The minimum Gasteiger partial charge on any atom is -0.294 e. The van der Waals surface area contributed by atoms with Crippen LogP contribution in [0, 0.1) is 40.8 Å². The summed E-state index contributed by atoms with van der Waals surface area (Å²) < 4.78 is 14.5. The Morgan fingerprint density at radius 3 is 2.25 bits per heavy atom. The molecule has 0 unspecified atom stereocenters.